The molecule has 1 fully saturated rings. The molecule has 1 aromatic heterocycles. The van der Waals surface area contributed by atoms with Crippen molar-refractivity contribution >= 4 is 30.7 Å². The minimum absolute atomic E-state index is 0. The van der Waals surface area contributed by atoms with Gasteiger partial charge in [0.2, 0.25) is 5.91 Å². The molecule has 3 N–H and O–H groups in total. The molecule has 0 radical (unpaired) electrons. The highest BCUT2D eigenvalue weighted by Gasteiger charge is 2.31. The lowest BCUT2D eigenvalue weighted by Crippen LogP contribution is -2.34. The number of hydrogen-bond donors (Lipinski definition) is 2. The van der Waals surface area contributed by atoms with E-state index in [0.717, 1.165) is 30.7 Å². The smallest absolute Gasteiger partial charge is 0.223 e. The number of carbonyl (C=O) groups excluding carboxylic acids is 1. The second-order valence-electron chi connectivity index (χ2n) is 6.38. The van der Waals surface area contributed by atoms with Crippen LogP contribution in [0.15, 0.2) is 30.6 Å². The SMILES string of the molecule is Cc1nccn1-c1ccc(CNC(=O)[C@@H]2CCC[C@@H]2CN)cc1F.Cl.Cl. The number of nitrogens with two attached hydrogens (primary N) is 1. The molecule has 2 aromatic rings. The molecule has 2 atom stereocenters. The van der Waals surface area contributed by atoms with E-state index in [9.17, 15) is 9.18 Å². The summed E-state index contributed by atoms with van der Waals surface area (Å²) in [5.41, 5.74) is 6.93. The molecule has 1 saturated carbocycles. The summed E-state index contributed by atoms with van der Waals surface area (Å²) in [7, 11) is 0. The fraction of sp³-hybridized carbons (Fsp3) is 0.444. The van der Waals surface area contributed by atoms with Gasteiger partial charge in [-0.15, -0.1) is 24.8 Å². The standard InChI is InChI=1S/C18H23FN4O.2ClH/c1-12-21-7-8-23(12)17-6-5-13(9-16(17)19)11-22-18(24)15-4-2-3-14(15)10-20;;/h5-9,14-15H,2-4,10-11,20H2,1H3,(H,22,24);2*1H/t14-,15-;;/m1../s1. The molecular formula is C18H25Cl2FN4O. The van der Waals surface area contributed by atoms with Gasteiger partial charge in [-0.1, -0.05) is 12.5 Å². The number of nitrogens with zero attached hydrogens (tertiary/aromatic N) is 2. The van der Waals surface area contributed by atoms with Gasteiger partial charge in [0, 0.05) is 24.9 Å². The lowest BCUT2D eigenvalue weighted by Gasteiger charge is -2.17. The molecule has 0 aliphatic heterocycles. The molecule has 3 rings (SSSR count). The predicted molar refractivity (Wildman–Crippen MR) is 104 cm³/mol. The molecule has 0 saturated heterocycles. The molecule has 5 nitrogen and oxygen atoms in total. The highest BCUT2D eigenvalue weighted by molar-refractivity contribution is 5.85. The summed E-state index contributed by atoms with van der Waals surface area (Å²) in [6.45, 7) is 2.70. The van der Waals surface area contributed by atoms with Gasteiger partial charge in [-0.2, -0.15) is 0 Å². The van der Waals surface area contributed by atoms with Gasteiger partial charge in [-0.3, -0.25) is 4.79 Å². The van der Waals surface area contributed by atoms with Crippen molar-refractivity contribution in [2.45, 2.75) is 32.7 Å². The highest BCUT2D eigenvalue weighted by Crippen LogP contribution is 2.31. The zero-order valence-corrected chi connectivity index (χ0v) is 16.3. The Kier molecular flexibility index (Phi) is 8.53. The van der Waals surface area contributed by atoms with Crippen LogP contribution >= 0.6 is 24.8 Å². The summed E-state index contributed by atoms with van der Waals surface area (Å²) < 4.78 is 16.1. The van der Waals surface area contributed by atoms with Crippen molar-refractivity contribution < 1.29 is 9.18 Å². The summed E-state index contributed by atoms with van der Waals surface area (Å²) in [5.74, 6) is 0.687. The van der Waals surface area contributed by atoms with Gasteiger partial charge in [0.1, 0.15) is 11.6 Å². The van der Waals surface area contributed by atoms with E-state index in [4.69, 9.17) is 5.73 Å². The summed E-state index contributed by atoms with van der Waals surface area (Å²) in [5, 5.41) is 2.92. The van der Waals surface area contributed by atoms with Crippen molar-refractivity contribution in [2.75, 3.05) is 6.54 Å². The number of aryl methyl sites for hydroxylation is 1. The Morgan fingerprint density at radius 3 is 2.77 bits per heavy atom. The monoisotopic (exact) mass is 402 g/mol. The van der Waals surface area contributed by atoms with Crippen molar-refractivity contribution in [1.82, 2.24) is 14.9 Å². The molecule has 1 amide bonds. The highest BCUT2D eigenvalue weighted by atomic mass is 35.5. The molecule has 1 aliphatic rings. The lowest BCUT2D eigenvalue weighted by molar-refractivity contribution is -0.126. The zero-order chi connectivity index (χ0) is 17.1. The Balaban J connectivity index is 0.00000169. The quantitative estimate of drug-likeness (QED) is 0.806. The summed E-state index contributed by atoms with van der Waals surface area (Å²) in [6.07, 6.45) is 6.32. The molecule has 8 heteroatoms. The number of aromatic nitrogens is 2. The lowest BCUT2D eigenvalue weighted by atomic mass is 9.95. The molecular weight excluding hydrogens is 378 g/mol. The Bertz CT molecular complexity index is 738. The van der Waals surface area contributed by atoms with Crippen molar-refractivity contribution in [2.24, 2.45) is 17.6 Å². The van der Waals surface area contributed by atoms with Crippen LogP contribution < -0.4 is 11.1 Å². The van der Waals surface area contributed by atoms with Crippen molar-refractivity contribution in [1.29, 1.82) is 0 Å². The van der Waals surface area contributed by atoms with Gasteiger partial charge in [0.25, 0.3) is 0 Å². The number of nitrogens with one attached hydrogen (secondary N) is 1. The van der Waals surface area contributed by atoms with E-state index in [-0.39, 0.29) is 48.4 Å². The number of rotatable bonds is 5. The fourth-order valence-electron chi connectivity index (χ4n) is 3.47. The Labute approximate surface area is 165 Å². The first-order valence-corrected chi connectivity index (χ1v) is 8.36. The van der Waals surface area contributed by atoms with Gasteiger partial charge >= 0.3 is 0 Å². The van der Waals surface area contributed by atoms with Crippen LogP contribution in [0.5, 0.6) is 0 Å². The van der Waals surface area contributed by atoms with Gasteiger partial charge in [-0.05, 0) is 49.9 Å². The summed E-state index contributed by atoms with van der Waals surface area (Å²) in [6, 6.07) is 5.00. The van der Waals surface area contributed by atoms with Crippen LogP contribution in [-0.2, 0) is 11.3 Å². The molecule has 1 aliphatic carbocycles. The van der Waals surface area contributed by atoms with Crippen molar-refractivity contribution in [3.05, 3.63) is 47.8 Å². The first-order chi connectivity index (χ1) is 11.6. The number of carbonyl (C=O) groups is 1. The van der Waals surface area contributed by atoms with Crippen LogP contribution in [0.2, 0.25) is 0 Å². The maximum atomic E-state index is 14.4. The molecule has 1 aromatic carbocycles. The minimum atomic E-state index is -0.330. The number of benzene rings is 1. The van der Waals surface area contributed by atoms with Crippen LogP contribution in [0.4, 0.5) is 4.39 Å². The van der Waals surface area contributed by atoms with E-state index in [0.29, 0.717) is 18.8 Å². The molecule has 0 unspecified atom stereocenters. The topological polar surface area (TPSA) is 72.9 Å². The summed E-state index contributed by atoms with van der Waals surface area (Å²) in [4.78, 5) is 16.4. The number of halogens is 3. The van der Waals surface area contributed by atoms with Gasteiger partial charge in [0.05, 0.1) is 5.69 Å². The average molecular weight is 403 g/mol. The van der Waals surface area contributed by atoms with Gasteiger partial charge < -0.3 is 15.6 Å². The Hall–Kier alpha value is -1.63. The van der Waals surface area contributed by atoms with Crippen LogP contribution in [0, 0.1) is 24.6 Å². The molecule has 26 heavy (non-hydrogen) atoms. The van der Waals surface area contributed by atoms with Crippen molar-refractivity contribution in [3.63, 3.8) is 0 Å². The first kappa shape index (κ1) is 22.4. The third-order valence-corrected chi connectivity index (χ3v) is 4.86. The largest absolute Gasteiger partial charge is 0.352 e. The Morgan fingerprint density at radius 2 is 2.15 bits per heavy atom. The Morgan fingerprint density at radius 1 is 1.38 bits per heavy atom. The number of imidazole rings is 1. The second-order valence-corrected chi connectivity index (χ2v) is 6.38. The van der Waals surface area contributed by atoms with Gasteiger partial charge in [-0.25, -0.2) is 9.37 Å². The third-order valence-electron chi connectivity index (χ3n) is 4.86. The number of amides is 1. The van der Waals surface area contributed by atoms with Crippen LogP contribution in [-0.4, -0.2) is 22.0 Å². The van der Waals surface area contributed by atoms with E-state index in [1.54, 1.807) is 23.0 Å². The van der Waals surface area contributed by atoms with Crippen molar-refractivity contribution in [3.8, 4) is 5.69 Å². The summed E-state index contributed by atoms with van der Waals surface area (Å²) >= 11 is 0. The van der Waals surface area contributed by atoms with Gasteiger partial charge in [0.15, 0.2) is 0 Å². The molecule has 0 spiro atoms. The molecule has 144 valence electrons. The van der Waals surface area contributed by atoms with E-state index < -0.39 is 0 Å². The second kappa shape index (κ2) is 9.90. The normalized spacial score (nSPS) is 18.7. The fourth-order valence-corrected chi connectivity index (χ4v) is 3.47. The maximum Gasteiger partial charge on any atom is 0.223 e. The molecule has 0 bridgehead atoms. The maximum absolute atomic E-state index is 14.4. The van der Waals surface area contributed by atoms with Crippen LogP contribution in [0.25, 0.3) is 5.69 Å². The molecule has 1 heterocycles. The first-order valence-electron chi connectivity index (χ1n) is 8.36. The number of hydrogen-bond acceptors (Lipinski definition) is 3. The van der Waals surface area contributed by atoms with Crippen LogP contribution in [0.3, 0.4) is 0 Å². The minimum Gasteiger partial charge on any atom is -0.352 e. The van der Waals surface area contributed by atoms with Crippen LogP contribution in [0.1, 0.15) is 30.7 Å². The van der Waals surface area contributed by atoms with E-state index in [2.05, 4.69) is 10.3 Å². The van der Waals surface area contributed by atoms with E-state index >= 15 is 0 Å². The predicted octanol–water partition coefficient (Wildman–Crippen LogP) is 3.15. The average Bonchev–Trinajstić information content (AvgIpc) is 3.21. The van der Waals surface area contributed by atoms with E-state index in [1.165, 1.54) is 6.07 Å². The van der Waals surface area contributed by atoms with E-state index in [1.807, 2.05) is 13.0 Å². The zero-order valence-electron chi connectivity index (χ0n) is 14.7. The third kappa shape index (κ3) is 4.75.